The van der Waals surface area contributed by atoms with Crippen LogP contribution in [0.3, 0.4) is 0 Å². The van der Waals surface area contributed by atoms with Crippen molar-refractivity contribution in [3.8, 4) is 11.5 Å². The van der Waals surface area contributed by atoms with Crippen LogP contribution in [0.1, 0.15) is 46.0 Å². The van der Waals surface area contributed by atoms with Crippen molar-refractivity contribution < 1.29 is 9.84 Å². The van der Waals surface area contributed by atoms with Crippen molar-refractivity contribution in [1.29, 1.82) is 0 Å². The van der Waals surface area contributed by atoms with Crippen molar-refractivity contribution >= 4 is 0 Å². The van der Waals surface area contributed by atoms with Crippen LogP contribution in [0.5, 0.6) is 11.5 Å². The van der Waals surface area contributed by atoms with Crippen LogP contribution >= 0.6 is 0 Å². The summed E-state index contributed by atoms with van der Waals surface area (Å²) in [6, 6.07) is 6.91. The molecule has 0 heterocycles. The second-order valence-corrected chi connectivity index (χ2v) is 4.27. The number of phenolic OH excluding ortho intramolecular Hbond substituents is 1. The third-order valence-corrected chi connectivity index (χ3v) is 2.64. The monoisotopic (exact) mass is 222 g/mol. The Labute approximate surface area is 98.3 Å². The van der Waals surface area contributed by atoms with Crippen molar-refractivity contribution in [2.24, 2.45) is 0 Å². The summed E-state index contributed by atoms with van der Waals surface area (Å²) in [6.45, 7) is 4.31. The number of hydrogen-bond acceptors (Lipinski definition) is 2. The summed E-state index contributed by atoms with van der Waals surface area (Å²) in [7, 11) is 0. The maximum absolute atomic E-state index is 9.14. The highest BCUT2D eigenvalue weighted by molar-refractivity contribution is 5.30. The van der Waals surface area contributed by atoms with E-state index in [0.717, 1.165) is 12.2 Å². The number of benzene rings is 1. The minimum absolute atomic E-state index is 0.251. The van der Waals surface area contributed by atoms with E-state index in [-0.39, 0.29) is 11.9 Å². The van der Waals surface area contributed by atoms with Gasteiger partial charge in [0.05, 0.1) is 6.10 Å². The topological polar surface area (TPSA) is 29.5 Å². The Bertz CT molecular complexity index is 279. The molecule has 16 heavy (non-hydrogen) atoms. The molecule has 0 aliphatic rings. The van der Waals surface area contributed by atoms with Crippen molar-refractivity contribution in [3.63, 3.8) is 0 Å². The highest BCUT2D eigenvalue weighted by Crippen LogP contribution is 2.18. The summed E-state index contributed by atoms with van der Waals surface area (Å²) in [5.74, 6) is 1.11. The fourth-order valence-electron chi connectivity index (χ4n) is 1.67. The second-order valence-electron chi connectivity index (χ2n) is 4.27. The van der Waals surface area contributed by atoms with Crippen molar-refractivity contribution in [2.75, 3.05) is 0 Å². The molecule has 0 spiro atoms. The van der Waals surface area contributed by atoms with Gasteiger partial charge in [-0.2, -0.15) is 0 Å². The summed E-state index contributed by atoms with van der Waals surface area (Å²) in [4.78, 5) is 0. The number of hydrogen-bond donors (Lipinski definition) is 1. The highest BCUT2D eigenvalue weighted by atomic mass is 16.5. The second kappa shape index (κ2) is 7.15. The quantitative estimate of drug-likeness (QED) is 0.703. The van der Waals surface area contributed by atoms with Crippen LogP contribution in [0.4, 0.5) is 0 Å². The third kappa shape index (κ3) is 5.06. The maximum atomic E-state index is 9.14. The Kier molecular flexibility index (Phi) is 5.76. The lowest BCUT2D eigenvalue weighted by molar-refractivity contribution is 0.206. The normalized spacial score (nSPS) is 12.4. The van der Waals surface area contributed by atoms with E-state index in [2.05, 4.69) is 13.8 Å². The number of unbranched alkanes of at least 4 members (excludes halogenated alkanes) is 3. The van der Waals surface area contributed by atoms with E-state index in [0.29, 0.717) is 0 Å². The average Bonchev–Trinajstić information content (AvgIpc) is 2.28. The molecular formula is C14H22O2. The Morgan fingerprint density at radius 3 is 2.44 bits per heavy atom. The van der Waals surface area contributed by atoms with Gasteiger partial charge in [-0.1, -0.05) is 26.2 Å². The maximum Gasteiger partial charge on any atom is 0.119 e. The Balaban J connectivity index is 2.23. The molecule has 1 unspecified atom stereocenters. The van der Waals surface area contributed by atoms with Crippen LogP contribution in [-0.2, 0) is 0 Å². The van der Waals surface area contributed by atoms with E-state index in [1.54, 1.807) is 24.3 Å². The minimum Gasteiger partial charge on any atom is -0.508 e. The lowest BCUT2D eigenvalue weighted by atomic mass is 10.1. The first-order valence-corrected chi connectivity index (χ1v) is 6.18. The molecule has 0 aliphatic carbocycles. The van der Waals surface area contributed by atoms with Gasteiger partial charge in [-0.25, -0.2) is 0 Å². The molecule has 2 heteroatoms. The fourth-order valence-corrected chi connectivity index (χ4v) is 1.67. The van der Waals surface area contributed by atoms with Gasteiger partial charge in [0, 0.05) is 0 Å². The molecular weight excluding hydrogens is 200 g/mol. The lowest BCUT2D eigenvalue weighted by Crippen LogP contribution is -2.11. The highest BCUT2D eigenvalue weighted by Gasteiger charge is 2.03. The van der Waals surface area contributed by atoms with Gasteiger partial charge < -0.3 is 9.84 Å². The standard InChI is InChI=1S/C14H22O2/c1-3-4-5-6-7-12(2)16-14-10-8-13(15)9-11-14/h8-12,15H,3-7H2,1-2H3. The van der Waals surface area contributed by atoms with Gasteiger partial charge in [-0.05, 0) is 44.0 Å². The number of aromatic hydroxyl groups is 1. The van der Waals surface area contributed by atoms with E-state index in [9.17, 15) is 0 Å². The fraction of sp³-hybridized carbons (Fsp3) is 0.571. The molecule has 1 rings (SSSR count). The molecule has 1 aromatic carbocycles. The summed E-state index contributed by atoms with van der Waals surface area (Å²) in [6.07, 6.45) is 6.45. The van der Waals surface area contributed by atoms with Crippen molar-refractivity contribution in [3.05, 3.63) is 24.3 Å². The van der Waals surface area contributed by atoms with Crippen LogP contribution in [-0.4, -0.2) is 11.2 Å². The number of rotatable bonds is 7. The van der Waals surface area contributed by atoms with Gasteiger partial charge in [-0.15, -0.1) is 0 Å². The number of phenols is 1. The largest absolute Gasteiger partial charge is 0.508 e. The van der Waals surface area contributed by atoms with Crippen molar-refractivity contribution in [2.45, 2.75) is 52.1 Å². The predicted octanol–water partition coefficient (Wildman–Crippen LogP) is 4.13. The molecule has 0 bridgehead atoms. The molecule has 1 N–H and O–H groups in total. The first-order chi connectivity index (χ1) is 7.72. The summed E-state index contributed by atoms with van der Waals surface area (Å²) >= 11 is 0. The van der Waals surface area contributed by atoms with Crippen LogP contribution in [0.2, 0.25) is 0 Å². The molecule has 0 saturated heterocycles. The summed E-state index contributed by atoms with van der Waals surface area (Å²) in [5, 5.41) is 9.14. The van der Waals surface area contributed by atoms with Crippen LogP contribution in [0, 0.1) is 0 Å². The molecule has 0 amide bonds. The lowest BCUT2D eigenvalue weighted by Gasteiger charge is -2.14. The molecule has 90 valence electrons. The molecule has 0 radical (unpaired) electrons. The molecule has 1 aromatic rings. The molecule has 0 fully saturated rings. The van der Waals surface area contributed by atoms with E-state index in [1.165, 1.54) is 25.7 Å². The SMILES string of the molecule is CCCCCCC(C)Oc1ccc(O)cc1. The average molecular weight is 222 g/mol. The zero-order valence-corrected chi connectivity index (χ0v) is 10.3. The van der Waals surface area contributed by atoms with Crippen molar-refractivity contribution in [1.82, 2.24) is 0 Å². The van der Waals surface area contributed by atoms with Gasteiger partial charge in [0.1, 0.15) is 11.5 Å². The zero-order chi connectivity index (χ0) is 11.8. The first kappa shape index (κ1) is 12.9. The van der Waals surface area contributed by atoms with Gasteiger partial charge in [0.15, 0.2) is 0 Å². The van der Waals surface area contributed by atoms with E-state index >= 15 is 0 Å². The van der Waals surface area contributed by atoms with Gasteiger partial charge in [-0.3, -0.25) is 0 Å². The van der Waals surface area contributed by atoms with E-state index in [4.69, 9.17) is 9.84 Å². The smallest absolute Gasteiger partial charge is 0.119 e. The first-order valence-electron chi connectivity index (χ1n) is 6.18. The molecule has 1 atom stereocenters. The molecule has 2 nitrogen and oxygen atoms in total. The zero-order valence-electron chi connectivity index (χ0n) is 10.3. The Morgan fingerprint density at radius 2 is 1.81 bits per heavy atom. The molecule has 0 saturated carbocycles. The molecule has 0 aromatic heterocycles. The third-order valence-electron chi connectivity index (χ3n) is 2.64. The summed E-state index contributed by atoms with van der Waals surface area (Å²) < 4.78 is 5.74. The summed E-state index contributed by atoms with van der Waals surface area (Å²) in [5.41, 5.74) is 0. The van der Waals surface area contributed by atoms with Gasteiger partial charge in [0.25, 0.3) is 0 Å². The van der Waals surface area contributed by atoms with Crippen LogP contribution < -0.4 is 4.74 Å². The van der Waals surface area contributed by atoms with Gasteiger partial charge >= 0.3 is 0 Å². The van der Waals surface area contributed by atoms with Crippen LogP contribution in [0.15, 0.2) is 24.3 Å². The minimum atomic E-state index is 0.251. The van der Waals surface area contributed by atoms with Gasteiger partial charge in [0.2, 0.25) is 0 Å². The Morgan fingerprint density at radius 1 is 1.12 bits per heavy atom. The molecule has 0 aliphatic heterocycles. The van der Waals surface area contributed by atoms with E-state index in [1.807, 2.05) is 0 Å². The van der Waals surface area contributed by atoms with Crippen LogP contribution in [0.25, 0.3) is 0 Å². The Hall–Kier alpha value is -1.18. The number of ether oxygens (including phenoxy) is 1. The predicted molar refractivity (Wildman–Crippen MR) is 67.0 cm³/mol. The van der Waals surface area contributed by atoms with E-state index < -0.39 is 0 Å².